The minimum Gasteiger partial charge on any atom is -0.267 e. The van der Waals surface area contributed by atoms with Crippen LogP contribution in [0.15, 0.2) is 30.3 Å². The number of rotatable bonds is 3. The topological polar surface area (TPSA) is 72.0 Å². The van der Waals surface area contributed by atoms with Crippen molar-refractivity contribution in [3.05, 3.63) is 42.0 Å². The summed E-state index contributed by atoms with van der Waals surface area (Å²) < 4.78 is 37.5. The zero-order valence-corrected chi connectivity index (χ0v) is 11.2. The van der Waals surface area contributed by atoms with Gasteiger partial charge in [-0.15, -0.1) is 0 Å². The van der Waals surface area contributed by atoms with Crippen LogP contribution >= 0.6 is 0 Å². The van der Waals surface area contributed by atoms with E-state index in [0.29, 0.717) is 17.1 Å². The molecule has 0 amide bonds. The second-order valence-corrected chi connectivity index (χ2v) is 5.82. The molecule has 5 nitrogen and oxygen atoms in total. The van der Waals surface area contributed by atoms with Gasteiger partial charge in [-0.25, -0.2) is 22.8 Å². The van der Waals surface area contributed by atoms with Crippen LogP contribution in [0.1, 0.15) is 5.82 Å². The summed E-state index contributed by atoms with van der Waals surface area (Å²) in [5.41, 5.74) is 1.21. The Labute approximate surface area is 110 Å². The minimum absolute atomic E-state index is 0.189. The van der Waals surface area contributed by atoms with E-state index in [0.717, 1.165) is 6.26 Å². The maximum absolute atomic E-state index is 12.9. The van der Waals surface area contributed by atoms with Crippen molar-refractivity contribution in [1.82, 2.24) is 9.97 Å². The van der Waals surface area contributed by atoms with Gasteiger partial charge in [-0.1, -0.05) is 0 Å². The van der Waals surface area contributed by atoms with E-state index in [-0.39, 0.29) is 11.6 Å². The van der Waals surface area contributed by atoms with Gasteiger partial charge in [-0.05, 0) is 31.2 Å². The summed E-state index contributed by atoms with van der Waals surface area (Å²) in [6, 6.07) is 7.27. The first-order valence-corrected chi connectivity index (χ1v) is 7.32. The van der Waals surface area contributed by atoms with Crippen LogP contribution in [0.4, 0.5) is 10.2 Å². The number of sulfonamides is 1. The third-order valence-electron chi connectivity index (χ3n) is 2.27. The van der Waals surface area contributed by atoms with Gasteiger partial charge in [0.1, 0.15) is 17.5 Å². The number of hydrogen-bond acceptors (Lipinski definition) is 4. The molecule has 100 valence electrons. The maximum Gasteiger partial charge on any atom is 0.230 e. The highest BCUT2D eigenvalue weighted by Crippen LogP contribution is 2.20. The van der Waals surface area contributed by atoms with E-state index in [1.807, 2.05) is 0 Å². The predicted molar refractivity (Wildman–Crippen MR) is 70.6 cm³/mol. The molecule has 1 aromatic heterocycles. The van der Waals surface area contributed by atoms with E-state index in [4.69, 9.17) is 0 Å². The Kier molecular flexibility index (Phi) is 3.48. The smallest absolute Gasteiger partial charge is 0.230 e. The van der Waals surface area contributed by atoms with Crippen molar-refractivity contribution >= 4 is 15.8 Å². The van der Waals surface area contributed by atoms with Gasteiger partial charge in [-0.2, -0.15) is 0 Å². The number of halogens is 1. The quantitative estimate of drug-likeness (QED) is 0.933. The first kappa shape index (κ1) is 13.4. The number of anilines is 1. The highest BCUT2D eigenvalue weighted by atomic mass is 32.2. The van der Waals surface area contributed by atoms with Crippen LogP contribution in [0.3, 0.4) is 0 Å². The molecule has 0 aliphatic heterocycles. The molecule has 0 fully saturated rings. The Morgan fingerprint density at radius 3 is 2.37 bits per heavy atom. The van der Waals surface area contributed by atoms with E-state index in [1.54, 1.807) is 19.1 Å². The molecule has 1 aromatic carbocycles. The zero-order valence-electron chi connectivity index (χ0n) is 10.4. The molecule has 0 spiro atoms. The molecule has 2 aromatic rings. The van der Waals surface area contributed by atoms with Crippen molar-refractivity contribution in [2.75, 3.05) is 11.0 Å². The van der Waals surface area contributed by atoms with E-state index >= 15 is 0 Å². The molecule has 7 heteroatoms. The molecule has 0 bridgehead atoms. The summed E-state index contributed by atoms with van der Waals surface area (Å²) in [6.07, 6.45) is 1.04. The normalized spacial score (nSPS) is 11.3. The summed E-state index contributed by atoms with van der Waals surface area (Å²) in [7, 11) is -3.40. The van der Waals surface area contributed by atoms with Gasteiger partial charge in [0.05, 0.1) is 11.9 Å². The summed E-state index contributed by atoms with van der Waals surface area (Å²) in [6.45, 7) is 1.65. The molecule has 2 rings (SSSR count). The van der Waals surface area contributed by atoms with E-state index in [2.05, 4.69) is 14.7 Å². The van der Waals surface area contributed by atoms with Crippen LogP contribution in [0.25, 0.3) is 11.3 Å². The highest BCUT2D eigenvalue weighted by Gasteiger charge is 2.08. The first-order valence-electron chi connectivity index (χ1n) is 5.43. The number of nitrogens with zero attached hydrogens (tertiary/aromatic N) is 2. The highest BCUT2D eigenvalue weighted by molar-refractivity contribution is 7.92. The zero-order chi connectivity index (χ0) is 14.0. The molecule has 0 unspecified atom stereocenters. The van der Waals surface area contributed by atoms with Crippen LogP contribution in [0, 0.1) is 12.7 Å². The Morgan fingerprint density at radius 2 is 1.79 bits per heavy atom. The van der Waals surface area contributed by atoms with Crippen LogP contribution in [-0.4, -0.2) is 24.6 Å². The Hall–Kier alpha value is -2.02. The second-order valence-electron chi connectivity index (χ2n) is 4.07. The average Bonchev–Trinajstić information content (AvgIpc) is 2.26. The third-order valence-corrected chi connectivity index (χ3v) is 2.85. The van der Waals surface area contributed by atoms with Gasteiger partial charge in [0.15, 0.2) is 0 Å². The lowest BCUT2D eigenvalue weighted by atomic mass is 10.1. The molecule has 0 saturated carbocycles. The maximum atomic E-state index is 12.9. The lowest BCUT2D eigenvalue weighted by Gasteiger charge is -2.07. The number of nitrogens with one attached hydrogen (secondary N) is 1. The molecule has 0 aliphatic carbocycles. The number of aryl methyl sites for hydroxylation is 1. The summed E-state index contributed by atoms with van der Waals surface area (Å²) in [4.78, 5) is 8.18. The monoisotopic (exact) mass is 281 g/mol. The van der Waals surface area contributed by atoms with Gasteiger partial charge in [0, 0.05) is 11.6 Å². The van der Waals surface area contributed by atoms with Crippen LogP contribution in [-0.2, 0) is 10.0 Å². The molecule has 1 heterocycles. The fourth-order valence-corrected chi connectivity index (χ4v) is 2.06. The van der Waals surface area contributed by atoms with Crippen LogP contribution in [0.5, 0.6) is 0 Å². The molecular formula is C12H12FN3O2S. The largest absolute Gasteiger partial charge is 0.267 e. The second kappa shape index (κ2) is 4.93. The van der Waals surface area contributed by atoms with E-state index < -0.39 is 10.0 Å². The van der Waals surface area contributed by atoms with Crippen molar-refractivity contribution < 1.29 is 12.8 Å². The van der Waals surface area contributed by atoms with Crippen LogP contribution < -0.4 is 4.72 Å². The molecule has 0 atom stereocenters. The van der Waals surface area contributed by atoms with Gasteiger partial charge in [0.2, 0.25) is 10.0 Å². The van der Waals surface area contributed by atoms with Gasteiger partial charge in [-0.3, -0.25) is 4.72 Å². The van der Waals surface area contributed by atoms with Gasteiger partial charge in [0.25, 0.3) is 0 Å². The molecule has 0 radical (unpaired) electrons. The lowest BCUT2D eigenvalue weighted by Crippen LogP contribution is -2.11. The van der Waals surface area contributed by atoms with Gasteiger partial charge >= 0.3 is 0 Å². The summed E-state index contributed by atoms with van der Waals surface area (Å²) in [5.74, 6) is 0.270. The van der Waals surface area contributed by atoms with E-state index in [1.165, 1.54) is 18.2 Å². The standard InChI is InChI=1S/C12H12FN3O2S/c1-8-14-11(9-3-5-10(13)6-4-9)7-12(15-8)16-19(2,17)18/h3-7H,1-2H3,(H,14,15,16). The van der Waals surface area contributed by atoms with Crippen molar-refractivity contribution in [2.45, 2.75) is 6.92 Å². The fraction of sp³-hybridized carbons (Fsp3) is 0.167. The average molecular weight is 281 g/mol. The summed E-state index contributed by atoms with van der Waals surface area (Å²) in [5, 5.41) is 0. The molecule has 1 N–H and O–H groups in total. The molecule has 0 saturated heterocycles. The first-order chi connectivity index (χ1) is 8.83. The van der Waals surface area contributed by atoms with Gasteiger partial charge < -0.3 is 0 Å². The summed E-state index contributed by atoms with van der Waals surface area (Å²) >= 11 is 0. The van der Waals surface area contributed by atoms with Crippen molar-refractivity contribution in [2.24, 2.45) is 0 Å². The van der Waals surface area contributed by atoms with Crippen molar-refractivity contribution in [1.29, 1.82) is 0 Å². The lowest BCUT2D eigenvalue weighted by molar-refractivity contribution is 0.606. The fourth-order valence-electron chi connectivity index (χ4n) is 1.58. The third kappa shape index (κ3) is 3.72. The van der Waals surface area contributed by atoms with Crippen molar-refractivity contribution in [3.63, 3.8) is 0 Å². The minimum atomic E-state index is -3.40. The Balaban J connectivity index is 2.44. The molecular weight excluding hydrogens is 269 g/mol. The SMILES string of the molecule is Cc1nc(NS(C)(=O)=O)cc(-c2ccc(F)cc2)n1. The number of benzene rings is 1. The van der Waals surface area contributed by atoms with Crippen LogP contribution in [0.2, 0.25) is 0 Å². The predicted octanol–water partition coefficient (Wildman–Crippen LogP) is 1.96. The molecule has 0 aliphatic rings. The molecule has 19 heavy (non-hydrogen) atoms. The number of hydrogen-bond donors (Lipinski definition) is 1. The van der Waals surface area contributed by atoms with E-state index in [9.17, 15) is 12.8 Å². The Morgan fingerprint density at radius 1 is 1.16 bits per heavy atom. The number of aromatic nitrogens is 2. The van der Waals surface area contributed by atoms with Crippen molar-refractivity contribution in [3.8, 4) is 11.3 Å². The Bertz CT molecular complexity index is 699.